The van der Waals surface area contributed by atoms with E-state index in [-0.39, 0.29) is 21.6 Å². The molecule has 0 radical (unpaired) electrons. The number of anilines is 1. The number of benzene rings is 3. The Balaban J connectivity index is 1.68. The first-order valence-electron chi connectivity index (χ1n) is 9.00. The van der Waals surface area contributed by atoms with Crippen molar-refractivity contribution in [3.05, 3.63) is 103 Å². The van der Waals surface area contributed by atoms with E-state index in [1.54, 1.807) is 66.9 Å². The summed E-state index contributed by atoms with van der Waals surface area (Å²) in [6.45, 7) is 0. The van der Waals surface area contributed by atoms with E-state index in [1.807, 2.05) is 35.2 Å². The average molecular weight is 389 g/mol. The molecule has 0 saturated heterocycles. The normalized spacial score (nSPS) is 16.9. The van der Waals surface area contributed by atoms with Gasteiger partial charge in [0.15, 0.2) is 5.78 Å². The summed E-state index contributed by atoms with van der Waals surface area (Å²) >= 11 is 0. The van der Waals surface area contributed by atoms with Gasteiger partial charge in [0.25, 0.3) is 0 Å². The van der Waals surface area contributed by atoms with E-state index in [4.69, 9.17) is 0 Å². The maximum atomic E-state index is 12.8. The van der Waals surface area contributed by atoms with Crippen molar-refractivity contribution in [1.29, 1.82) is 0 Å². The fourth-order valence-corrected chi connectivity index (χ4v) is 4.66. The molecule has 0 fully saturated rings. The summed E-state index contributed by atoms with van der Waals surface area (Å²) in [6, 6.07) is 24.9. The zero-order chi connectivity index (χ0) is 19.6. The Morgan fingerprint density at radius 3 is 1.96 bits per heavy atom. The number of ketones is 1. The molecule has 3 aromatic rings. The van der Waals surface area contributed by atoms with Crippen LogP contribution in [0.4, 0.5) is 5.69 Å². The highest BCUT2D eigenvalue weighted by Crippen LogP contribution is 2.34. The summed E-state index contributed by atoms with van der Waals surface area (Å²) < 4.78 is 25.6. The first-order valence-corrected chi connectivity index (χ1v) is 10.5. The minimum Gasteiger partial charge on any atom is -0.340 e. The van der Waals surface area contributed by atoms with E-state index in [0.29, 0.717) is 6.42 Å². The maximum Gasteiger partial charge on any atom is 0.206 e. The Labute approximate surface area is 164 Å². The average Bonchev–Trinajstić information content (AvgIpc) is 2.75. The quantitative estimate of drug-likeness (QED) is 0.657. The number of nitrogens with zero attached hydrogens (tertiary/aromatic N) is 1. The molecule has 1 aliphatic heterocycles. The van der Waals surface area contributed by atoms with Crippen LogP contribution in [-0.4, -0.2) is 14.2 Å². The Bertz CT molecular complexity index is 1110. The third-order valence-electron chi connectivity index (χ3n) is 4.83. The number of sulfone groups is 1. The summed E-state index contributed by atoms with van der Waals surface area (Å²) in [5.41, 5.74) is 1.88. The molecule has 0 aromatic heterocycles. The van der Waals surface area contributed by atoms with Crippen LogP contribution in [0.15, 0.2) is 107 Å². The molecule has 0 aliphatic carbocycles. The number of rotatable bonds is 4. The largest absolute Gasteiger partial charge is 0.340 e. The Morgan fingerprint density at radius 2 is 1.32 bits per heavy atom. The lowest BCUT2D eigenvalue weighted by Gasteiger charge is -2.33. The second kappa shape index (κ2) is 7.44. The van der Waals surface area contributed by atoms with E-state index in [9.17, 15) is 13.2 Å². The van der Waals surface area contributed by atoms with Crippen molar-refractivity contribution in [3.63, 3.8) is 0 Å². The van der Waals surface area contributed by atoms with Crippen LogP contribution < -0.4 is 4.90 Å². The minimum absolute atomic E-state index is 0.0772. The first-order chi connectivity index (χ1) is 13.6. The molecule has 1 heterocycles. The topological polar surface area (TPSA) is 54.5 Å². The van der Waals surface area contributed by atoms with Gasteiger partial charge in [-0.15, -0.1) is 0 Å². The van der Waals surface area contributed by atoms with Gasteiger partial charge in [-0.3, -0.25) is 4.79 Å². The minimum atomic E-state index is -3.55. The number of hydrogen-bond donors (Lipinski definition) is 0. The van der Waals surface area contributed by atoms with E-state index in [2.05, 4.69) is 0 Å². The van der Waals surface area contributed by atoms with Crippen LogP contribution in [0.2, 0.25) is 0 Å². The lowest BCUT2D eigenvalue weighted by Crippen LogP contribution is -2.28. The monoisotopic (exact) mass is 389 g/mol. The molecule has 4 rings (SSSR count). The van der Waals surface area contributed by atoms with Crippen molar-refractivity contribution in [2.45, 2.75) is 22.3 Å². The van der Waals surface area contributed by atoms with Crippen molar-refractivity contribution in [1.82, 2.24) is 0 Å². The molecule has 0 bridgehead atoms. The van der Waals surface area contributed by atoms with Gasteiger partial charge in [-0.05, 0) is 48.0 Å². The van der Waals surface area contributed by atoms with Crippen LogP contribution in [0, 0.1) is 0 Å². The van der Waals surface area contributed by atoms with Crippen LogP contribution in [0.5, 0.6) is 0 Å². The molecule has 1 aliphatic rings. The van der Waals surface area contributed by atoms with Gasteiger partial charge in [0, 0.05) is 18.3 Å². The highest BCUT2D eigenvalue weighted by Gasteiger charge is 2.25. The van der Waals surface area contributed by atoms with Crippen LogP contribution in [-0.2, 0) is 14.6 Å². The summed E-state index contributed by atoms with van der Waals surface area (Å²) in [7, 11) is -3.55. The van der Waals surface area contributed by atoms with Gasteiger partial charge in [-0.25, -0.2) is 8.42 Å². The molecule has 4 nitrogen and oxygen atoms in total. The Hall–Kier alpha value is -3.18. The highest BCUT2D eigenvalue weighted by molar-refractivity contribution is 7.91. The number of allylic oxidation sites excluding steroid dienone is 1. The zero-order valence-corrected chi connectivity index (χ0v) is 15.9. The molecule has 0 saturated carbocycles. The van der Waals surface area contributed by atoms with Crippen LogP contribution in [0.1, 0.15) is 18.0 Å². The van der Waals surface area contributed by atoms with Crippen molar-refractivity contribution < 1.29 is 13.2 Å². The molecule has 1 atom stereocenters. The van der Waals surface area contributed by atoms with Crippen molar-refractivity contribution >= 4 is 21.3 Å². The van der Waals surface area contributed by atoms with E-state index >= 15 is 0 Å². The van der Waals surface area contributed by atoms with Crippen molar-refractivity contribution in [2.75, 3.05) is 4.90 Å². The van der Waals surface area contributed by atoms with Crippen LogP contribution >= 0.6 is 0 Å². The predicted molar refractivity (Wildman–Crippen MR) is 109 cm³/mol. The van der Waals surface area contributed by atoms with Gasteiger partial charge in [0.1, 0.15) is 0 Å². The van der Waals surface area contributed by atoms with Gasteiger partial charge in [0.2, 0.25) is 9.84 Å². The number of carbonyl (C=O) groups is 1. The van der Waals surface area contributed by atoms with Gasteiger partial charge < -0.3 is 4.90 Å². The van der Waals surface area contributed by atoms with Crippen molar-refractivity contribution in [2.24, 2.45) is 0 Å². The van der Waals surface area contributed by atoms with E-state index in [0.717, 1.165) is 11.3 Å². The summed E-state index contributed by atoms with van der Waals surface area (Å²) in [5.74, 6) is 0.0772. The molecule has 0 N–H and O–H groups in total. The summed E-state index contributed by atoms with van der Waals surface area (Å²) in [5, 5.41) is 0. The molecule has 1 unspecified atom stereocenters. The Morgan fingerprint density at radius 1 is 0.750 bits per heavy atom. The maximum absolute atomic E-state index is 12.8. The lowest BCUT2D eigenvalue weighted by atomic mass is 9.97. The SMILES string of the molecule is O=C1C=CN(c2ccc(S(=O)(=O)c3ccccc3)cc2)C(c2ccccc2)C1. The molecule has 140 valence electrons. The second-order valence-electron chi connectivity index (χ2n) is 6.63. The number of hydrogen-bond acceptors (Lipinski definition) is 4. The second-order valence-corrected chi connectivity index (χ2v) is 8.58. The molecule has 0 spiro atoms. The molecule has 28 heavy (non-hydrogen) atoms. The van der Waals surface area contributed by atoms with E-state index in [1.165, 1.54) is 0 Å². The number of carbonyl (C=O) groups excluding carboxylic acids is 1. The third kappa shape index (κ3) is 3.49. The van der Waals surface area contributed by atoms with Crippen LogP contribution in [0.3, 0.4) is 0 Å². The van der Waals surface area contributed by atoms with Gasteiger partial charge in [-0.2, -0.15) is 0 Å². The highest BCUT2D eigenvalue weighted by atomic mass is 32.2. The molecule has 0 amide bonds. The first kappa shape index (κ1) is 18.2. The summed E-state index contributed by atoms with van der Waals surface area (Å²) in [4.78, 5) is 14.5. The standard InChI is InChI=1S/C23H19NO3S/c25-20-15-16-24(23(17-20)18-7-3-1-4-8-18)19-11-13-22(14-12-19)28(26,27)21-9-5-2-6-10-21/h1-16,23H,17H2. The molecular formula is C23H19NO3S. The smallest absolute Gasteiger partial charge is 0.206 e. The zero-order valence-electron chi connectivity index (χ0n) is 15.1. The predicted octanol–water partition coefficient (Wildman–Crippen LogP) is 4.55. The van der Waals surface area contributed by atoms with Gasteiger partial charge >= 0.3 is 0 Å². The van der Waals surface area contributed by atoms with Crippen LogP contribution in [0.25, 0.3) is 0 Å². The van der Waals surface area contributed by atoms with Crippen molar-refractivity contribution in [3.8, 4) is 0 Å². The lowest BCUT2D eigenvalue weighted by molar-refractivity contribution is -0.115. The summed E-state index contributed by atoms with van der Waals surface area (Å²) in [6.07, 6.45) is 3.71. The third-order valence-corrected chi connectivity index (χ3v) is 6.62. The fourth-order valence-electron chi connectivity index (χ4n) is 3.38. The molecule has 3 aromatic carbocycles. The molecular weight excluding hydrogens is 370 g/mol. The molecule has 5 heteroatoms. The van der Waals surface area contributed by atoms with E-state index < -0.39 is 9.84 Å². The Kier molecular flexibility index (Phi) is 4.84. The fraction of sp³-hybridized carbons (Fsp3) is 0.0870. The van der Waals surface area contributed by atoms with Gasteiger partial charge in [0.05, 0.1) is 15.8 Å². The van der Waals surface area contributed by atoms with Gasteiger partial charge in [-0.1, -0.05) is 48.5 Å².